The van der Waals surface area contributed by atoms with Crippen molar-refractivity contribution < 1.29 is 9.53 Å². The number of ether oxygens (including phenoxy) is 1. The molecule has 0 aromatic heterocycles. The molecule has 0 aromatic rings. The summed E-state index contributed by atoms with van der Waals surface area (Å²) in [6.45, 7) is 1.79. The summed E-state index contributed by atoms with van der Waals surface area (Å²) < 4.78 is 5.06. The number of fused-ring (bicyclic) bond motifs is 2. The van der Waals surface area contributed by atoms with Crippen molar-refractivity contribution in [1.29, 1.82) is 0 Å². The van der Waals surface area contributed by atoms with Crippen LogP contribution in [0.1, 0.15) is 39.0 Å². The number of nitrogens with one attached hydrogen (secondary N) is 1. The van der Waals surface area contributed by atoms with Crippen molar-refractivity contribution in [2.45, 2.75) is 57.2 Å². The summed E-state index contributed by atoms with van der Waals surface area (Å²) >= 11 is 0. The normalized spacial score (nSPS) is 38.5. The van der Waals surface area contributed by atoms with Crippen LogP contribution >= 0.6 is 0 Å². The topological polar surface area (TPSA) is 64.3 Å². The Balaban J connectivity index is 1.98. The van der Waals surface area contributed by atoms with Gasteiger partial charge in [-0.15, -0.1) is 0 Å². The van der Waals surface area contributed by atoms with Gasteiger partial charge in [-0.2, -0.15) is 0 Å². The number of rotatable bonds is 3. The fourth-order valence-corrected chi connectivity index (χ4v) is 3.41. The van der Waals surface area contributed by atoms with Gasteiger partial charge < -0.3 is 15.8 Å². The van der Waals surface area contributed by atoms with Crippen molar-refractivity contribution in [3.05, 3.63) is 0 Å². The Morgan fingerprint density at radius 3 is 2.47 bits per heavy atom. The first-order valence-corrected chi connectivity index (χ1v) is 6.70. The molecule has 1 amide bonds. The van der Waals surface area contributed by atoms with E-state index in [0.717, 1.165) is 12.8 Å². The Morgan fingerprint density at radius 1 is 1.35 bits per heavy atom. The predicted octanol–water partition coefficient (Wildman–Crippen LogP) is 1.04. The van der Waals surface area contributed by atoms with E-state index in [1.807, 2.05) is 0 Å². The average Bonchev–Trinajstić information content (AvgIpc) is 2.29. The summed E-state index contributed by atoms with van der Waals surface area (Å²) in [7, 11) is 1.57. The van der Waals surface area contributed by atoms with Gasteiger partial charge in [-0.05, 0) is 44.4 Å². The standard InChI is InChI=1S/C13H24N2O2/c1-8(17-2)13(16)15-12-9-4-3-5-10(12)7-11(14)6-9/h8-12H,3-7,14H2,1-2H3,(H,15,16). The molecule has 3 N–H and O–H groups in total. The fraction of sp³-hybridized carbons (Fsp3) is 0.923. The van der Waals surface area contributed by atoms with E-state index in [9.17, 15) is 4.79 Å². The average molecular weight is 240 g/mol. The molecule has 0 heterocycles. The molecule has 2 bridgehead atoms. The van der Waals surface area contributed by atoms with E-state index in [1.165, 1.54) is 19.3 Å². The van der Waals surface area contributed by atoms with Gasteiger partial charge in [-0.1, -0.05) is 6.42 Å². The Morgan fingerprint density at radius 2 is 1.94 bits per heavy atom. The highest BCUT2D eigenvalue weighted by molar-refractivity contribution is 5.80. The van der Waals surface area contributed by atoms with Gasteiger partial charge in [-0.3, -0.25) is 4.79 Å². The smallest absolute Gasteiger partial charge is 0.249 e. The van der Waals surface area contributed by atoms with Crippen LogP contribution < -0.4 is 11.1 Å². The van der Waals surface area contributed by atoms with Crippen molar-refractivity contribution in [3.63, 3.8) is 0 Å². The predicted molar refractivity (Wildman–Crippen MR) is 66.4 cm³/mol. The summed E-state index contributed by atoms with van der Waals surface area (Å²) in [6, 6.07) is 0.659. The quantitative estimate of drug-likeness (QED) is 0.775. The van der Waals surface area contributed by atoms with Crippen LogP contribution in [0.4, 0.5) is 0 Å². The van der Waals surface area contributed by atoms with E-state index in [1.54, 1.807) is 14.0 Å². The third-order valence-corrected chi connectivity index (χ3v) is 4.41. The van der Waals surface area contributed by atoms with Gasteiger partial charge in [0.15, 0.2) is 0 Å². The number of carbonyl (C=O) groups is 1. The molecule has 4 heteroatoms. The molecule has 17 heavy (non-hydrogen) atoms. The van der Waals surface area contributed by atoms with Gasteiger partial charge in [0.25, 0.3) is 0 Å². The third kappa shape index (κ3) is 2.80. The van der Waals surface area contributed by atoms with E-state index in [2.05, 4.69) is 5.32 Å². The molecule has 2 fully saturated rings. The minimum atomic E-state index is -0.355. The van der Waals surface area contributed by atoms with Gasteiger partial charge in [0.2, 0.25) is 5.91 Å². The first-order valence-electron chi connectivity index (χ1n) is 6.70. The van der Waals surface area contributed by atoms with Crippen molar-refractivity contribution in [2.75, 3.05) is 7.11 Å². The van der Waals surface area contributed by atoms with Crippen LogP contribution in [0.15, 0.2) is 0 Å². The minimum absolute atomic E-state index is 0.0184. The lowest BCUT2D eigenvalue weighted by molar-refractivity contribution is -0.132. The van der Waals surface area contributed by atoms with Crippen molar-refractivity contribution in [2.24, 2.45) is 17.6 Å². The van der Waals surface area contributed by atoms with Crippen LogP contribution in [0.2, 0.25) is 0 Å². The second-order valence-electron chi connectivity index (χ2n) is 5.59. The van der Waals surface area contributed by atoms with Crippen LogP contribution in [0.25, 0.3) is 0 Å². The molecule has 2 rings (SSSR count). The molecule has 0 aliphatic heterocycles. The number of hydrogen-bond acceptors (Lipinski definition) is 3. The Bertz CT molecular complexity index is 269. The molecule has 98 valence electrons. The monoisotopic (exact) mass is 240 g/mol. The molecule has 3 unspecified atom stereocenters. The SMILES string of the molecule is COC(C)C(=O)NC1C2CCCC1CC(N)C2. The molecule has 2 saturated carbocycles. The molecule has 3 atom stereocenters. The maximum Gasteiger partial charge on any atom is 0.249 e. The number of hydrogen-bond donors (Lipinski definition) is 2. The zero-order valence-electron chi connectivity index (χ0n) is 10.8. The maximum atomic E-state index is 11.9. The molecular weight excluding hydrogens is 216 g/mol. The Hall–Kier alpha value is -0.610. The molecular formula is C13H24N2O2. The van der Waals surface area contributed by atoms with Gasteiger partial charge in [0.1, 0.15) is 6.10 Å². The number of amides is 1. The summed E-state index contributed by atoms with van der Waals surface area (Å²) in [5.41, 5.74) is 6.07. The highest BCUT2D eigenvalue weighted by Crippen LogP contribution is 2.39. The van der Waals surface area contributed by atoms with Crippen LogP contribution in [0.5, 0.6) is 0 Å². The van der Waals surface area contributed by atoms with Gasteiger partial charge in [-0.25, -0.2) is 0 Å². The molecule has 0 saturated heterocycles. The number of methoxy groups -OCH3 is 1. The molecule has 0 radical (unpaired) electrons. The second-order valence-corrected chi connectivity index (χ2v) is 5.59. The van der Waals surface area contributed by atoms with Crippen molar-refractivity contribution in [1.82, 2.24) is 5.32 Å². The van der Waals surface area contributed by atoms with Gasteiger partial charge in [0.05, 0.1) is 0 Å². The van der Waals surface area contributed by atoms with Crippen molar-refractivity contribution >= 4 is 5.91 Å². The van der Waals surface area contributed by atoms with Crippen LogP contribution in [0.3, 0.4) is 0 Å². The highest BCUT2D eigenvalue weighted by Gasteiger charge is 2.40. The number of nitrogens with two attached hydrogens (primary N) is 1. The Kier molecular flexibility index (Phi) is 4.05. The van der Waals surface area contributed by atoms with Crippen molar-refractivity contribution in [3.8, 4) is 0 Å². The summed E-state index contributed by atoms with van der Waals surface area (Å²) in [5, 5.41) is 3.17. The summed E-state index contributed by atoms with van der Waals surface area (Å²) in [6.07, 6.45) is 5.46. The molecule has 2 aliphatic rings. The molecule has 4 nitrogen and oxygen atoms in total. The maximum absolute atomic E-state index is 11.9. The first-order chi connectivity index (χ1) is 8.11. The zero-order valence-corrected chi connectivity index (χ0v) is 10.8. The second kappa shape index (κ2) is 5.36. The van der Waals surface area contributed by atoms with E-state index in [4.69, 9.17) is 10.5 Å². The Labute approximate surface area is 103 Å². The molecule has 2 aliphatic carbocycles. The van der Waals surface area contributed by atoms with E-state index in [-0.39, 0.29) is 12.0 Å². The lowest BCUT2D eigenvalue weighted by Crippen LogP contribution is -2.55. The van der Waals surface area contributed by atoms with E-state index < -0.39 is 0 Å². The first kappa shape index (κ1) is 12.8. The fourth-order valence-electron chi connectivity index (χ4n) is 3.41. The van der Waals surface area contributed by atoms with E-state index in [0.29, 0.717) is 23.9 Å². The summed E-state index contributed by atoms with van der Waals surface area (Å²) in [5.74, 6) is 1.17. The lowest BCUT2D eigenvalue weighted by Gasteiger charge is -2.45. The molecule has 0 aromatic carbocycles. The van der Waals surface area contributed by atoms with Gasteiger partial charge >= 0.3 is 0 Å². The van der Waals surface area contributed by atoms with Crippen LogP contribution in [0, 0.1) is 11.8 Å². The number of carbonyl (C=O) groups excluding carboxylic acids is 1. The zero-order chi connectivity index (χ0) is 12.4. The van der Waals surface area contributed by atoms with Gasteiger partial charge in [0, 0.05) is 19.2 Å². The largest absolute Gasteiger partial charge is 0.372 e. The van der Waals surface area contributed by atoms with Crippen LogP contribution in [-0.4, -0.2) is 31.2 Å². The van der Waals surface area contributed by atoms with E-state index >= 15 is 0 Å². The van der Waals surface area contributed by atoms with Crippen LogP contribution in [-0.2, 0) is 9.53 Å². The third-order valence-electron chi connectivity index (χ3n) is 4.41. The lowest BCUT2D eigenvalue weighted by atomic mass is 9.67. The molecule has 0 spiro atoms. The minimum Gasteiger partial charge on any atom is -0.372 e. The summed E-state index contributed by atoms with van der Waals surface area (Å²) in [4.78, 5) is 11.9. The highest BCUT2D eigenvalue weighted by atomic mass is 16.5.